The van der Waals surface area contributed by atoms with Gasteiger partial charge in [-0.15, -0.1) is 0 Å². The molecule has 2 atom stereocenters. The lowest BCUT2D eigenvalue weighted by molar-refractivity contribution is 0.193. The predicted molar refractivity (Wildman–Crippen MR) is 65.8 cm³/mol. The highest BCUT2D eigenvalue weighted by Crippen LogP contribution is 2.24. The van der Waals surface area contributed by atoms with E-state index in [9.17, 15) is 4.79 Å². The first-order valence-corrected chi connectivity index (χ1v) is 6.03. The van der Waals surface area contributed by atoms with Gasteiger partial charge < -0.3 is 15.8 Å². The van der Waals surface area contributed by atoms with E-state index in [1.807, 2.05) is 18.2 Å². The van der Waals surface area contributed by atoms with Gasteiger partial charge in [0.05, 0.1) is 0 Å². The van der Waals surface area contributed by atoms with Crippen molar-refractivity contribution in [1.82, 2.24) is 5.32 Å². The predicted octanol–water partition coefficient (Wildman–Crippen LogP) is 1.90. The van der Waals surface area contributed by atoms with E-state index in [1.54, 1.807) is 12.1 Å². The van der Waals surface area contributed by atoms with Gasteiger partial charge in [0, 0.05) is 6.04 Å². The second kappa shape index (κ2) is 5.68. The second-order valence-corrected chi connectivity index (χ2v) is 4.38. The molecule has 17 heavy (non-hydrogen) atoms. The van der Waals surface area contributed by atoms with Crippen LogP contribution in [-0.2, 0) is 0 Å². The smallest absolute Gasteiger partial charge is 0.410 e. The summed E-state index contributed by atoms with van der Waals surface area (Å²) in [6.07, 6.45) is 2.82. The van der Waals surface area contributed by atoms with E-state index in [0.717, 1.165) is 19.3 Å². The SMILES string of the molecule is NCC1CCCC1NC(=O)Oc1ccccc1. The maximum Gasteiger partial charge on any atom is 0.412 e. The summed E-state index contributed by atoms with van der Waals surface area (Å²) < 4.78 is 5.18. The van der Waals surface area contributed by atoms with Crippen molar-refractivity contribution in [2.45, 2.75) is 25.3 Å². The molecule has 0 spiro atoms. The Morgan fingerprint density at radius 1 is 1.35 bits per heavy atom. The molecular formula is C13H18N2O2. The van der Waals surface area contributed by atoms with Gasteiger partial charge in [0.1, 0.15) is 5.75 Å². The normalized spacial score (nSPS) is 23.4. The van der Waals surface area contributed by atoms with Gasteiger partial charge in [0.2, 0.25) is 0 Å². The van der Waals surface area contributed by atoms with Crippen molar-refractivity contribution >= 4 is 6.09 Å². The minimum atomic E-state index is -0.387. The van der Waals surface area contributed by atoms with Crippen molar-refractivity contribution in [2.24, 2.45) is 11.7 Å². The monoisotopic (exact) mass is 234 g/mol. The van der Waals surface area contributed by atoms with E-state index < -0.39 is 0 Å². The van der Waals surface area contributed by atoms with Crippen LogP contribution >= 0.6 is 0 Å². The largest absolute Gasteiger partial charge is 0.412 e. The molecule has 3 N–H and O–H groups in total. The topological polar surface area (TPSA) is 64.3 Å². The molecule has 1 aliphatic rings. The van der Waals surface area contributed by atoms with Crippen molar-refractivity contribution in [3.8, 4) is 5.75 Å². The molecule has 0 radical (unpaired) electrons. The summed E-state index contributed by atoms with van der Waals surface area (Å²) in [5.41, 5.74) is 5.66. The number of carbonyl (C=O) groups is 1. The summed E-state index contributed by atoms with van der Waals surface area (Å²) in [5.74, 6) is 0.950. The van der Waals surface area contributed by atoms with Crippen LogP contribution in [0.25, 0.3) is 0 Å². The van der Waals surface area contributed by atoms with Gasteiger partial charge in [-0.2, -0.15) is 0 Å². The molecule has 4 heteroatoms. The third-order valence-electron chi connectivity index (χ3n) is 3.22. The van der Waals surface area contributed by atoms with E-state index >= 15 is 0 Å². The highest BCUT2D eigenvalue weighted by Gasteiger charge is 2.27. The Morgan fingerprint density at radius 2 is 2.12 bits per heavy atom. The van der Waals surface area contributed by atoms with Crippen LogP contribution < -0.4 is 15.8 Å². The zero-order valence-electron chi connectivity index (χ0n) is 9.76. The highest BCUT2D eigenvalue weighted by atomic mass is 16.6. The Bertz CT molecular complexity index is 367. The molecule has 1 aromatic rings. The maximum absolute atomic E-state index is 11.7. The van der Waals surface area contributed by atoms with Crippen molar-refractivity contribution in [3.63, 3.8) is 0 Å². The van der Waals surface area contributed by atoms with Crippen LogP contribution in [-0.4, -0.2) is 18.7 Å². The number of carbonyl (C=O) groups excluding carboxylic acids is 1. The zero-order chi connectivity index (χ0) is 12.1. The quantitative estimate of drug-likeness (QED) is 0.839. The minimum absolute atomic E-state index is 0.163. The van der Waals surface area contributed by atoms with Gasteiger partial charge in [-0.1, -0.05) is 24.6 Å². The number of rotatable bonds is 3. The Hall–Kier alpha value is -1.55. The van der Waals surface area contributed by atoms with Crippen LogP contribution in [0.2, 0.25) is 0 Å². The van der Waals surface area contributed by atoms with Crippen LogP contribution in [0.5, 0.6) is 5.75 Å². The molecule has 1 aliphatic carbocycles. The summed E-state index contributed by atoms with van der Waals surface area (Å²) >= 11 is 0. The summed E-state index contributed by atoms with van der Waals surface area (Å²) in [6.45, 7) is 0.621. The molecule has 2 rings (SSSR count). The van der Waals surface area contributed by atoms with Gasteiger partial charge >= 0.3 is 6.09 Å². The van der Waals surface area contributed by atoms with Gasteiger partial charge in [-0.3, -0.25) is 0 Å². The summed E-state index contributed by atoms with van der Waals surface area (Å²) in [4.78, 5) is 11.7. The highest BCUT2D eigenvalue weighted by molar-refractivity contribution is 5.70. The molecule has 4 nitrogen and oxygen atoms in total. The number of hydrogen-bond donors (Lipinski definition) is 2. The van der Waals surface area contributed by atoms with E-state index in [-0.39, 0.29) is 12.1 Å². The number of hydrogen-bond acceptors (Lipinski definition) is 3. The van der Waals surface area contributed by atoms with E-state index in [1.165, 1.54) is 0 Å². The molecule has 0 bridgehead atoms. The van der Waals surface area contributed by atoms with Crippen LogP contribution in [0.4, 0.5) is 4.79 Å². The average molecular weight is 234 g/mol. The number of para-hydroxylation sites is 1. The van der Waals surface area contributed by atoms with Crippen molar-refractivity contribution in [1.29, 1.82) is 0 Å². The Morgan fingerprint density at radius 3 is 2.82 bits per heavy atom. The molecule has 1 amide bonds. The standard InChI is InChI=1S/C13H18N2O2/c14-9-10-5-4-8-12(10)15-13(16)17-11-6-2-1-3-7-11/h1-3,6-7,10,12H,4-5,8-9,14H2,(H,15,16). The molecular weight excluding hydrogens is 216 g/mol. The fourth-order valence-electron chi connectivity index (χ4n) is 2.29. The fraction of sp³-hybridized carbons (Fsp3) is 0.462. The average Bonchev–Trinajstić information content (AvgIpc) is 2.77. The first-order chi connectivity index (χ1) is 8.29. The van der Waals surface area contributed by atoms with Crippen LogP contribution in [0.1, 0.15) is 19.3 Å². The summed E-state index contributed by atoms with van der Waals surface area (Å²) in [6, 6.07) is 9.23. The number of amides is 1. The third-order valence-corrected chi connectivity index (χ3v) is 3.22. The number of nitrogens with two attached hydrogens (primary N) is 1. The fourth-order valence-corrected chi connectivity index (χ4v) is 2.29. The Labute approximate surface area is 101 Å². The van der Waals surface area contributed by atoms with Crippen LogP contribution in [0, 0.1) is 5.92 Å². The van der Waals surface area contributed by atoms with Crippen molar-refractivity contribution < 1.29 is 9.53 Å². The summed E-state index contributed by atoms with van der Waals surface area (Å²) in [5, 5.41) is 2.89. The van der Waals surface area contributed by atoms with Crippen molar-refractivity contribution in [3.05, 3.63) is 30.3 Å². The number of ether oxygens (including phenoxy) is 1. The first kappa shape index (κ1) is 11.9. The van der Waals surface area contributed by atoms with Gasteiger partial charge in [-0.05, 0) is 37.4 Å². The lowest BCUT2D eigenvalue weighted by Gasteiger charge is -2.18. The zero-order valence-corrected chi connectivity index (χ0v) is 9.76. The number of benzene rings is 1. The van der Waals surface area contributed by atoms with E-state index in [0.29, 0.717) is 18.2 Å². The summed E-state index contributed by atoms with van der Waals surface area (Å²) in [7, 11) is 0. The Balaban J connectivity index is 1.85. The second-order valence-electron chi connectivity index (χ2n) is 4.38. The van der Waals surface area contributed by atoms with Crippen molar-refractivity contribution in [2.75, 3.05) is 6.54 Å². The lowest BCUT2D eigenvalue weighted by atomic mass is 10.0. The Kier molecular flexibility index (Phi) is 3.98. The molecule has 2 unspecified atom stereocenters. The minimum Gasteiger partial charge on any atom is -0.410 e. The molecule has 1 saturated carbocycles. The molecule has 0 heterocycles. The van der Waals surface area contributed by atoms with E-state index in [2.05, 4.69) is 5.32 Å². The lowest BCUT2D eigenvalue weighted by Crippen LogP contribution is -2.41. The molecule has 0 aliphatic heterocycles. The van der Waals surface area contributed by atoms with Gasteiger partial charge in [0.15, 0.2) is 0 Å². The molecule has 92 valence electrons. The van der Waals surface area contributed by atoms with E-state index in [4.69, 9.17) is 10.5 Å². The van der Waals surface area contributed by atoms with Gasteiger partial charge in [-0.25, -0.2) is 4.79 Å². The maximum atomic E-state index is 11.7. The van der Waals surface area contributed by atoms with Crippen LogP contribution in [0.15, 0.2) is 30.3 Å². The van der Waals surface area contributed by atoms with Gasteiger partial charge in [0.25, 0.3) is 0 Å². The molecule has 0 saturated heterocycles. The molecule has 1 aromatic carbocycles. The van der Waals surface area contributed by atoms with Crippen LogP contribution in [0.3, 0.4) is 0 Å². The number of nitrogens with one attached hydrogen (secondary N) is 1. The molecule has 0 aromatic heterocycles. The third kappa shape index (κ3) is 3.20. The molecule has 1 fully saturated rings. The first-order valence-electron chi connectivity index (χ1n) is 6.03.